The summed E-state index contributed by atoms with van der Waals surface area (Å²) in [6.07, 6.45) is 0.626. The number of carbonyl (C=O) groups excluding carboxylic acids is 1. The molecule has 0 spiro atoms. The lowest BCUT2D eigenvalue weighted by molar-refractivity contribution is 0.102. The summed E-state index contributed by atoms with van der Waals surface area (Å²) in [7, 11) is -3.92. The van der Waals surface area contributed by atoms with E-state index >= 15 is 0 Å². The van der Waals surface area contributed by atoms with Crippen LogP contribution in [0.2, 0.25) is 10.0 Å². The van der Waals surface area contributed by atoms with Gasteiger partial charge in [-0.25, -0.2) is 8.42 Å². The Bertz CT molecular complexity index is 1260. The van der Waals surface area contributed by atoms with E-state index in [4.69, 9.17) is 23.2 Å². The summed E-state index contributed by atoms with van der Waals surface area (Å²) in [4.78, 5) is 12.6. The minimum atomic E-state index is -3.92. The van der Waals surface area contributed by atoms with Gasteiger partial charge in [0, 0.05) is 22.8 Å². The minimum Gasteiger partial charge on any atom is -0.322 e. The highest BCUT2D eigenvalue weighted by Crippen LogP contribution is 2.35. The number of nitrogens with zero attached hydrogens (tertiary/aromatic N) is 1. The van der Waals surface area contributed by atoms with Crippen LogP contribution in [0.4, 0.5) is 11.4 Å². The summed E-state index contributed by atoms with van der Waals surface area (Å²) < 4.78 is 28.0. The zero-order valence-corrected chi connectivity index (χ0v) is 18.4. The quantitative estimate of drug-likeness (QED) is 0.573. The lowest BCUT2D eigenvalue weighted by Gasteiger charge is -2.20. The van der Waals surface area contributed by atoms with Crippen LogP contribution in [-0.2, 0) is 16.4 Å². The maximum atomic E-state index is 13.3. The van der Waals surface area contributed by atoms with Crippen LogP contribution in [0.5, 0.6) is 0 Å². The van der Waals surface area contributed by atoms with Gasteiger partial charge in [-0.3, -0.25) is 9.10 Å². The molecule has 1 heterocycles. The molecule has 1 amide bonds. The topological polar surface area (TPSA) is 66.5 Å². The van der Waals surface area contributed by atoms with Crippen LogP contribution in [0.15, 0.2) is 65.6 Å². The second-order valence-electron chi connectivity index (χ2n) is 7.02. The monoisotopic (exact) mass is 460 g/mol. The van der Waals surface area contributed by atoms with Gasteiger partial charge in [-0.05, 0) is 60.9 Å². The standard InChI is InChI=1S/C22H18Cl2N2O3S/c1-14-6-8-17(13-19(14)24)25-22(27)16-7-9-18(23)21(12-16)30(28,29)26-11-10-15-4-2-3-5-20(15)26/h2-9,12-13H,10-11H2,1H3,(H,25,27). The van der Waals surface area contributed by atoms with E-state index in [0.717, 1.165) is 11.1 Å². The summed E-state index contributed by atoms with van der Waals surface area (Å²) in [5, 5.41) is 3.33. The molecule has 4 rings (SSSR count). The normalized spacial score (nSPS) is 13.2. The summed E-state index contributed by atoms with van der Waals surface area (Å²) in [5.41, 5.74) is 3.19. The van der Waals surface area contributed by atoms with Gasteiger partial charge < -0.3 is 5.32 Å². The fourth-order valence-corrected chi connectivity index (χ4v) is 5.58. The molecule has 154 valence electrons. The fraction of sp³-hybridized carbons (Fsp3) is 0.136. The van der Waals surface area contributed by atoms with E-state index in [0.29, 0.717) is 29.4 Å². The summed E-state index contributed by atoms with van der Waals surface area (Å²) >= 11 is 12.3. The molecule has 3 aromatic carbocycles. The molecule has 0 aromatic heterocycles. The molecule has 30 heavy (non-hydrogen) atoms. The first-order valence-electron chi connectivity index (χ1n) is 9.25. The highest BCUT2D eigenvalue weighted by Gasteiger charge is 2.32. The van der Waals surface area contributed by atoms with Crippen LogP contribution in [0, 0.1) is 6.92 Å². The number of hydrogen-bond donors (Lipinski definition) is 1. The van der Waals surface area contributed by atoms with Crippen molar-refractivity contribution >= 4 is 50.5 Å². The van der Waals surface area contributed by atoms with E-state index in [2.05, 4.69) is 5.32 Å². The Morgan fingerprint density at radius 2 is 1.77 bits per heavy atom. The van der Waals surface area contributed by atoms with Crippen LogP contribution in [0.3, 0.4) is 0 Å². The number of halogens is 2. The van der Waals surface area contributed by atoms with Gasteiger partial charge in [-0.1, -0.05) is 47.5 Å². The van der Waals surface area contributed by atoms with Crippen molar-refractivity contribution in [1.29, 1.82) is 0 Å². The van der Waals surface area contributed by atoms with Gasteiger partial charge in [0.05, 0.1) is 10.7 Å². The molecular weight excluding hydrogens is 443 g/mol. The van der Waals surface area contributed by atoms with Gasteiger partial charge in [0.1, 0.15) is 4.90 Å². The maximum absolute atomic E-state index is 13.3. The Morgan fingerprint density at radius 1 is 1.00 bits per heavy atom. The maximum Gasteiger partial charge on any atom is 0.265 e. The smallest absolute Gasteiger partial charge is 0.265 e. The highest BCUT2D eigenvalue weighted by molar-refractivity contribution is 7.93. The second-order valence-corrected chi connectivity index (χ2v) is 9.66. The Kier molecular flexibility index (Phi) is 5.49. The average Bonchev–Trinajstić information content (AvgIpc) is 3.16. The minimum absolute atomic E-state index is 0.0642. The molecular formula is C22H18Cl2N2O3S. The zero-order valence-electron chi connectivity index (χ0n) is 16.0. The largest absolute Gasteiger partial charge is 0.322 e. The number of fused-ring (bicyclic) bond motifs is 1. The number of benzene rings is 3. The summed E-state index contributed by atoms with van der Waals surface area (Å²) in [5.74, 6) is -0.454. The molecule has 1 aliphatic rings. The van der Waals surface area contributed by atoms with Crippen molar-refractivity contribution in [2.24, 2.45) is 0 Å². The Labute approximate surface area is 185 Å². The number of aryl methyl sites for hydroxylation is 1. The molecule has 3 aromatic rings. The molecule has 0 unspecified atom stereocenters. The first kappa shape index (κ1) is 20.7. The summed E-state index contributed by atoms with van der Waals surface area (Å²) in [6, 6.07) is 16.7. The number of nitrogens with one attached hydrogen (secondary N) is 1. The molecule has 8 heteroatoms. The van der Waals surface area contributed by atoms with Crippen molar-refractivity contribution in [2.75, 3.05) is 16.2 Å². The summed E-state index contributed by atoms with van der Waals surface area (Å²) in [6.45, 7) is 2.19. The van der Waals surface area contributed by atoms with Crippen molar-refractivity contribution in [2.45, 2.75) is 18.2 Å². The predicted octanol–water partition coefficient (Wildman–Crippen LogP) is 5.31. The third-order valence-corrected chi connectivity index (χ3v) is 7.74. The molecule has 0 saturated carbocycles. The molecule has 0 aliphatic carbocycles. The number of carbonyl (C=O) groups is 1. The van der Waals surface area contributed by atoms with Crippen molar-refractivity contribution < 1.29 is 13.2 Å². The second kappa shape index (κ2) is 7.95. The van der Waals surface area contributed by atoms with Crippen molar-refractivity contribution in [3.63, 3.8) is 0 Å². The third-order valence-electron chi connectivity index (χ3n) is 5.04. The van der Waals surface area contributed by atoms with E-state index in [1.165, 1.54) is 22.5 Å². The highest BCUT2D eigenvalue weighted by atomic mass is 35.5. The van der Waals surface area contributed by atoms with Gasteiger partial charge in [-0.2, -0.15) is 0 Å². The fourth-order valence-electron chi connectivity index (χ4n) is 3.39. The van der Waals surface area contributed by atoms with Crippen LogP contribution in [0.25, 0.3) is 0 Å². The molecule has 0 fully saturated rings. The van der Waals surface area contributed by atoms with Crippen molar-refractivity contribution in [1.82, 2.24) is 0 Å². The molecule has 0 saturated heterocycles. The lowest BCUT2D eigenvalue weighted by atomic mass is 10.2. The van der Waals surface area contributed by atoms with E-state index in [-0.39, 0.29) is 15.5 Å². The SMILES string of the molecule is Cc1ccc(NC(=O)c2ccc(Cl)c(S(=O)(=O)N3CCc4ccccc43)c2)cc1Cl. The molecule has 0 radical (unpaired) electrons. The van der Waals surface area contributed by atoms with Crippen LogP contribution >= 0.6 is 23.2 Å². The number of para-hydroxylation sites is 1. The molecule has 0 atom stereocenters. The van der Waals surface area contributed by atoms with Crippen molar-refractivity contribution in [3.05, 3.63) is 87.4 Å². The van der Waals surface area contributed by atoms with Gasteiger partial charge in [0.2, 0.25) is 0 Å². The van der Waals surface area contributed by atoms with E-state index < -0.39 is 15.9 Å². The molecule has 1 N–H and O–H groups in total. The first-order valence-corrected chi connectivity index (χ1v) is 11.4. The predicted molar refractivity (Wildman–Crippen MR) is 120 cm³/mol. The number of rotatable bonds is 4. The Morgan fingerprint density at radius 3 is 2.53 bits per heavy atom. The molecule has 5 nitrogen and oxygen atoms in total. The van der Waals surface area contributed by atoms with Gasteiger partial charge in [-0.15, -0.1) is 0 Å². The number of hydrogen-bond acceptors (Lipinski definition) is 3. The van der Waals surface area contributed by atoms with Gasteiger partial charge in [0.25, 0.3) is 15.9 Å². The third kappa shape index (κ3) is 3.78. The molecule has 1 aliphatic heterocycles. The van der Waals surface area contributed by atoms with E-state index in [1.807, 2.05) is 19.1 Å². The Balaban J connectivity index is 1.66. The van der Waals surface area contributed by atoms with Crippen molar-refractivity contribution in [3.8, 4) is 0 Å². The first-order chi connectivity index (χ1) is 14.3. The average molecular weight is 461 g/mol. The zero-order chi connectivity index (χ0) is 21.5. The van der Waals surface area contributed by atoms with Crippen LogP contribution in [-0.4, -0.2) is 20.9 Å². The molecule has 0 bridgehead atoms. The van der Waals surface area contributed by atoms with Crippen LogP contribution in [0.1, 0.15) is 21.5 Å². The number of amides is 1. The lowest BCUT2D eigenvalue weighted by Crippen LogP contribution is -2.29. The van der Waals surface area contributed by atoms with E-state index in [1.54, 1.807) is 30.3 Å². The van der Waals surface area contributed by atoms with Gasteiger partial charge in [0.15, 0.2) is 0 Å². The van der Waals surface area contributed by atoms with Crippen LogP contribution < -0.4 is 9.62 Å². The number of sulfonamides is 1. The number of anilines is 2. The Hall–Kier alpha value is -2.54. The van der Waals surface area contributed by atoms with E-state index in [9.17, 15) is 13.2 Å². The van der Waals surface area contributed by atoms with Gasteiger partial charge >= 0.3 is 0 Å².